The van der Waals surface area contributed by atoms with Crippen molar-refractivity contribution in [2.45, 2.75) is 13.8 Å². The number of primary amides is 1. The molecule has 0 fully saturated rings. The largest absolute Gasteiger partial charge is 0.350 e. The van der Waals surface area contributed by atoms with Crippen LogP contribution in [0.1, 0.15) is 12.5 Å². The van der Waals surface area contributed by atoms with Crippen molar-refractivity contribution in [3.8, 4) is 0 Å². The van der Waals surface area contributed by atoms with E-state index in [2.05, 4.69) is 36.1 Å². The maximum Gasteiger partial charge on any atom is 0.333 e. The molecule has 1 aliphatic heterocycles. The first-order chi connectivity index (χ1) is 8.61. The minimum Gasteiger partial charge on any atom is -0.350 e. The van der Waals surface area contributed by atoms with Crippen LogP contribution in [0.2, 0.25) is 0 Å². The van der Waals surface area contributed by atoms with E-state index < -0.39 is 6.03 Å². The number of aryl methyl sites for hydroxylation is 1. The predicted molar refractivity (Wildman–Crippen MR) is 71.5 cm³/mol. The van der Waals surface area contributed by atoms with Gasteiger partial charge in [0, 0.05) is 24.6 Å². The number of hydrogen-bond acceptors (Lipinski definition) is 3. The SMILES string of the molecule is CCN(C(N)=O)N1C=CN(c2ccc(C)cc2)C1. The maximum absolute atomic E-state index is 11.3. The molecule has 0 radical (unpaired) electrons. The Morgan fingerprint density at radius 1 is 1.33 bits per heavy atom. The Kier molecular flexibility index (Phi) is 3.41. The molecule has 2 N–H and O–H groups in total. The summed E-state index contributed by atoms with van der Waals surface area (Å²) in [5, 5.41) is 3.31. The average molecular weight is 246 g/mol. The number of hydrogen-bond donors (Lipinski definition) is 1. The predicted octanol–water partition coefficient (Wildman–Crippen LogP) is 1.86. The van der Waals surface area contributed by atoms with E-state index in [1.165, 1.54) is 10.6 Å². The molecule has 0 aromatic heterocycles. The van der Waals surface area contributed by atoms with Crippen molar-refractivity contribution in [2.24, 2.45) is 5.73 Å². The zero-order chi connectivity index (χ0) is 13.1. The van der Waals surface area contributed by atoms with Crippen LogP contribution >= 0.6 is 0 Å². The second-order valence-corrected chi connectivity index (χ2v) is 4.24. The molecule has 5 nitrogen and oxygen atoms in total. The zero-order valence-electron chi connectivity index (χ0n) is 10.7. The number of hydrazine groups is 1. The zero-order valence-corrected chi connectivity index (χ0v) is 10.7. The fraction of sp³-hybridized carbons (Fsp3) is 0.308. The van der Waals surface area contributed by atoms with E-state index in [0.29, 0.717) is 13.2 Å². The highest BCUT2D eigenvalue weighted by molar-refractivity contribution is 5.71. The summed E-state index contributed by atoms with van der Waals surface area (Å²) in [7, 11) is 0. The van der Waals surface area contributed by atoms with Crippen molar-refractivity contribution in [1.29, 1.82) is 0 Å². The first-order valence-corrected chi connectivity index (χ1v) is 5.97. The number of amides is 2. The summed E-state index contributed by atoms with van der Waals surface area (Å²) >= 11 is 0. The van der Waals surface area contributed by atoms with Crippen LogP contribution in [-0.2, 0) is 0 Å². The van der Waals surface area contributed by atoms with Crippen LogP contribution in [0.15, 0.2) is 36.7 Å². The maximum atomic E-state index is 11.3. The topological polar surface area (TPSA) is 52.8 Å². The summed E-state index contributed by atoms with van der Waals surface area (Å²) in [6, 6.07) is 7.82. The number of nitrogens with zero attached hydrogens (tertiary/aromatic N) is 3. The van der Waals surface area contributed by atoms with Crippen molar-refractivity contribution in [1.82, 2.24) is 10.0 Å². The monoisotopic (exact) mass is 246 g/mol. The first-order valence-electron chi connectivity index (χ1n) is 5.97. The van der Waals surface area contributed by atoms with Crippen LogP contribution in [0.3, 0.4) is 0 Å². The second-order valence-electron chi connectivity index (χ2n) is 4.24. The van der Waals surface area contributed by atoms with E-state index in [1.807, 2.05) is 24.3 Å². The van der Waals surface area contributed by atoms with Crippen molar-refractivity contribution in [3.05, 3.63) is 42.2 Å². The van der Waals surface area contributed by atoms with E-state index in [-0.39, 0.29) is 0 Å². The molecule has 0 spiro atoms. The Balaban J connectivity index is 2.07. The Labute approximate surface area is 107 Å². The molecule has 0 unspecified atom stereocenters. The molecule has 0 saturated heterocycles. The molecule has 1 aromatic carbocycles. The Bertz CT molecular complexity index is 455. The molecule has 2 amide bonds. The molecule has 18 heavy (non-hydrogen) atoms. The number of benzene rings is 1. The molecule has 1 aliphatic rings. The Hall–Kier alpha value is -2.17. The van der Waals surface area contributed by atoms with E-state index in [1.54, 1.807) is 0 Å². The van der Waals surface area contributed by atoms with E-state index in [0.717, 1.165) is 5.69 Å². The summed E-state index contributed by atoms with van der Waals surface area (Å²) < 4.78 is 0. The van der Waals surface area contributed by atoms with Gasteiger partial charge in [-0.1, -0.05) is 17.7 Å². The van der Waals surface area contributed by atoms with Crippen molar-refractivity contribution < 1.29 is 4.79 Å². The van der Waals surface area contributed by atoms with Gasteiger partial charge in [0.05, 0.1) is 0 Å². The molecular weight excluding hydrogens is 228 g/mol. The lowest BCUT2D eigenvalue weighted by Crippen LogP contribution is -2.47. The summed E-state index contributed by atoms with van der Waals surface area (Å²) in [4.78, 5) is 13.3. The number of carbonyl (C=O) groups excluding carboxylic acids is 1. The molecule has 1 heterocycles. The highest BCUT2D eigenvalue weighted by Gasteiger charge is 2.21. The lowest BCUT2D eigenvalue weighted by Gasteiger charge is -2.30. The average Bonchev–Trinajstić information content (AvgIpc) is 2.80. The highest BCUT2D eigenvalue weighted by Crippen LogP contribution is 2.20. The van der Waals surface area contributed by atoms with Gasteiger partial charge in [0.1, 0.15) is 6.67 Å². The molecule has 0 atom stereocenters. The number of urea groups is 1. The third-order valence-electron chi connectivity index (χ3n) is 2.95. The van der Waals surface area contributed by atoms with Gasteiger partial charge in [0.25, 0.3) is 0 Å². The lowest BCUT2D eigenvalue weighted by atomic mass is 10.2. The molecular formula is C13H18N4O. The van der Waals surface area contributed by atoms with Crippen LogP contribution < -0.4 is 10.6 Å². The summed E-state index contributed by atoms with van der Waals surface area (Å²) in [6.07, 6.45) is 3.80. The summed E-state index contributed by atoms with van der Waals surface area (Å²) in [6.45, 7) is 5.11. The van der Waals surface area contributed by atoms with Crippen molar-refractivity contribution >= 4 is 11.7 Å². The van der Waals surface area contributed by atoms with Crippen LogP contribution in [0.5, 0.6) is 0 Å². The van der Waals surface area contributed by atoms with Gasteiger partial charge in [0.2, 0.25) is 0 Å². The first kappa shape index (κ1) is 12.3. The van der Waals surface area contributed by atoms with Gasteiger partial charge < -0.3 is 10.6 Å². The molecule has 0 saturated carbocycles. The van der Waals surface area contributed by atoms with E-state index >= 15 is 0 Å². The van der Waals surface area contributed by atoms with Crippen LogP contribution in [-0.4, -0.2) is 29.3 Å². The number of rotatable bonds is 3. The van der Waals surface area contributed by atoms with Gasteiger partial charge in [-0.05, 0) is 26.0 Å². The minimum atomic E-state index is -0.437. The van der Waals surface area contributed by atoms with E-state index in [9.17, 15) is 4.79 Å². The minimum absolute atomic E-state index is 0.437. The third-order valence-corrected chi connectivity index (χ3v) is 2.95. The van der Waals surface area contributed by atoms with E-state index in [4.69, 9.17) is 5.73 Å². The van der Waals surface area contributed by atoms with Gasteiger partial charge in [0.15, 0.2) is 0 Å². The third kappa shape index (κ3) is 2.40. The van der Waals surface area contributed by atoms with Gasteiger partial charge in [-0.3, -0.25) is 5.01 Å². The van der Waals surface area contributed by atoms with Gasteiger partial charge in [-0.25, -0.2) is 9.80 Å². The summed E-state index contributed by atoms with van der Waals surface area (Å²) in [5.74, 6) is 0. The highest BCUT2D eigenvalue weighted by atomic mass is 16.2. The van der Waals surface area contributed by atoms with Crippen molar-refractivity contribution in [2.75, 3.05) is 18.1 Å². The molecule has 0 aliphatic carbocycles. The number of nitrogens with two attached hydrogens (primary N) is 1. The molecule has 0 bridgehead atoms. The normalized spacial score (nSPS) is 14.1. The lowest BCUT2D eigenvalue weighted by molar-refractivity contribution is 0.0784. The number of carbonyl (C=O) groups is 1. The second kappa shape index (κ2) is 5.00. The Morgan fingerprint density at radius 2 is 2.00 bits per heavy atom. The van der Waals surface area contributed by atoms with Gasteiger partial charge >= 0.3 is 6.03 Å². The number of anilines is 1. The Morgan fingerprint density at radius 3 is 2.56 bits per heavy atom. The summed E-state index contributed by atoms with van der Waals surface area (Å²) in [5.41, 5.74) is 7.65. The van der Waals surface area contributed by atoms with Crippen molar-refractivity contribution in [3.63, 3.8) is 0 Å². The molecule has 1 aromatic rings. The van der Waals surface area contributed by atoms with Crippen LogP contribution in [0.4, 0.5) is 10.5 Å². The fourth-order valence-electron chi connectivity index (χ4n) is 1.93. The van der Waals surface area contributed by atoms with Gasteiger partial charge in [-0.2, -0.15) is 0 Å². The standard InChI is InChI=1S/C13H18N4O/c1-3-17(13(14)18)16-9-8-15(10-16)12-6-4-11(2)5-7-12/h4-9H,3,10H2,1-2H3,(H2,14,18). The molecule has 2 rings (SSSR count). The van der Waals surface area contributed by atoms with Crippen LogP contribution in [0, 0.1) is 6.92 Å². The fourth-order valence-corrected chi connectivity index (χ4v) is 1.93. The molecule has 5 heteroatoms. The van der Waals surface area contributed by atoms with Gasteiger partial charge in [-0.15, -0.1) is 0 Å². The van der Waals surface area contributed by atoms with Crippen LogP contribution in [0.25, 0.3) is 0 Å². The smallest absolute Gasteiger partial charge is 0.333 e. The quantitative estimate of drug-likeness (QED) is 0.885. The molecule has 96 valence electrons.